The van der Waals surface area contributed by atoms with Crippen molar-refractivity contribution in [3.05, 3.63) is 58.6 Å². The van der Waals surface area contributed by atoms with Gasteiger partial charge in [0.05, 0.1) is 17.9 Å². The van der Waals surface area contributed by atoms with Crippen LogP contribution in [-0.4, -0.2) is 24.2 Å². The average molecular weight is 394 g/mol. The summed E-state index contributed by atoms with van der Waals surface area (Å²) < 4.78 is 5.95. The van der Waals surface area contributed by atoms with Crippen LogP contribution in [0.25, 0.3) is 0 Å². The summed E-state index contributed by atoms with van der Waals surface area (Å²) in [4.78, 5) is 24.7. The van der Waals surface area contributed by atoms with Crippen molar-refractivity contribution < 1.29 is 14.3 Å². The molecule has 4 nitrogen and oxygen atoms in total. The molecule has 23 heavy (non-hydrogen) atoms. The predicted octanol–water partition coefficient (Wildman–Crippen LogP) is 4.36. The zero-order valence-electron chi connectivity index (χ0n) is 12.5. The monoisotopic (exact) mass is 393 g/mol. The van der Waals surface area contributed by atoms with E-state index in [2.05, 4.69) is 21.2 Å². The standard InChI is InChI=1S/C17H16BrNO3S/c1-2-22-17(21)12-4-3-5-14(10-12)19-16(20)11-23-15-8-6-13(18)7-9-15/h3-10H,2,11H2,1H3,(H,19,20). The summed E-state index contributed by atoms with van der Waals surface area (Å²) in [6.07, 6.45) is 0. The molecule has 0 radical (unpaired) electrons. The van der Waals surface area contributed by atoms with Crippen LogP contribution in [0.4, 0.5) is 5.69 Å². The van der Waals surface area contributed by atoms with E-state index in [1.807, 2.05) is 24.3 Å². The molecule has 0 aliphatic heterocycles. The number of esters is 1. The van der Waals surface area contributed by atoms with Crippen LogP contribution in [0.1, 0.15) is 17.3 Å². The fourth-order valence-corrected chi connectivity index (χ4v) is 2.78. The normalized spacial score (nSPS) is 10.2. The van der Waals surface area contributed by atoms with Crippen molar-refractivity contribution in [1.82, 2.24) is 0 Å². The lowest BCUT2D eigenvalue weighted by Crippen LogP contribution is -2.14. The molecule has 0 unspecified atom stereocenters. The maximum atomic E-state index is 12.0. The van der Waals surface area contributed by atoms with E-state index in [0.717, 1.165) is 9.37 Å². The molecule has 0 aliphatic rings. The lowest BCUT2D eigenvalue weighted by atomic mass is 10.2. The molecule has 0 saturated heterocycles. The quantitative estimate of drug-likeness (QED) is 0.585. The number of anilines is 1. The minimum Gasteiger partial charge on any atom is -0.462 e. The second kappa shape index (κ2) is 8.74. The van der Waals surface area contributed by atoms with Gasteiger partial charge in [-0.3, -0.25) is 4.79 Å². The highest BCUT2D eigenvalue weighted by molar-refractivity contribution is 9.10. The van der Waals surface area contributed by atoms with Crippen LogP contribution in [0, 0.1) is 0 Å². The molecule has 0 aliphatic carbocycles. The van der Waals surface area contributed by atoms with Gasteiger partial charge in [0, 0.05) is 15.1 Å². The van der Waals surface area contributed by atoms with Gasteiger partial charge in [0.25, 0.3) is 0 Å². The number of carbonyl (C=O) groups excluding carboxylic acids is 2. The first-order valence-electron chi connectivity index (χ1n) is 7.04. The van der Waals surface area contributed by atoms with Crippen LogP contribution < -0.4 is 5.32 Å². The molecule has 2 aromatic rings. The van der Waals surface area contributed by atoms with Crippen molar-refractivity contribution in [3.63, 3.8) is 0 Å². The number of hydrogen-bond acceptors (Lipinski definition) is 4. The van der Waals surface area contributed by atoms with E-state index < -0.39 is 5.97 Å². The van der Waals surface area contributed by atoms with Crippen LogP contribution in [0.3, 0.4) is 0 Å². The third-order valence-corrected chi connectivity index (χ3v) is 4.38. The Morgan fingerprint density at radius 3 is 2.61 bits per heavy atom. The first kappa shape index (κ1) is 17.6. The summed E-state index contributed by atoms with van der Waals surface area (Å²) in [5, 5.41) is 2.78. The third-order valence-electron chi connectivity index (χ3n) is 2.84. The molecule has 6 heteroatoms. The highest BCUT2D eigenvalue weighted by Gasteiger charge is 2.09. The Morgan fingerprint density at radius 1 is 1.17 bits per heavy atom. The second-order valence-corrected chi connectivity index (χ2v) is 6.56. The Kier molecular flexibility index (Phi) is 6.67. The summed E-state index contributed by atoms with van der Waals surface area (Å²) in [5.74, 6) is -0.225. The molecule has 0 heterocycles. The predicted molar refractivity (Wildman–Crippen MR) is 95.9 cm³/mol. The van der Waals surface area contributed by atoms with Crippen LogP contribution in [0.15, 0.2) is 57.9 Å². The molecule has 0 spiro atoms. The summed E-state index contributed by atoms with van der Waals surface area (Å²) in [6, 6.07) is 14.5. The molecular formula is C17H16BrNO3S. The van der Waals surface area contributed by atoms with E-state index in [0.29, 0.717) is 23.6 Å². The molecule has 0 fully saturated rings. The summed E-state index contributed by atoms with van der Waals surface area (Å²) in [5.41, 5.74) is 1.00. The first-order chi connectivity index (χ1) is 11.1. The minimum absolute atomic E-state index is 0.126. The molecule has 0 aromatic heterocycles. The Bertz CT molecular complexity index is 688. The Balaban J connectivity index is 1.91. The van der Waals surface area contributed by atoms with Crippen LogP contribution in [-0.2, 0) is 9.53 Å². The Labute approximate surface area is 147 Å². The lowest BCUT2D eigenvalue weighted by molar-refractivity contribution is -0.113. The molecule has 2 aromatic carbocycles. The fraction of sp³-hybridized carbons (Fsp3) is 0.176. The maximum absolute atomic E-state index is 12.0. The van der Waals surface area contributed by atoms with Crippen molar-refractivity contribution in [3.8, 4) is 0 Å². The van der Waals surface area contributed by atoms with Gasteiger partial charge in [0.15, 0.2) is 0 Å². The number of thioether (sulfide) groups is 1. The fourth-order valence-electron chi connectivity index (χ4n) is 1.82. The highest BCUT2D eigenvalue weighted by Crippen LogP contribution is 2.21. The lowest BCUT2D eigenvalue weighted by Gasteiger charge is -2.07. The van der Waals surface area contributed by atoms with Gasteiger partial charge in [-0.1, -0.05) is 22.0 Å². The van der Waals surface area contributed by atoms with Gasteiger partial charge >= 0.3 is 5.97 Å². The topological polar surface area (TPSA) is 55.4 Å². The molecule has 1 N–H and O–H groups in total. The van der Waals surface area contributed by atoms with E-state index in [4.69, 9.17) is 4.74 Å². The maximum Gasteiger partial charge on any atom is 0.338 e. The zero-order valence-corrected chi connectivity index (χ0v) is 14.9. The minimum atomic E-state index is -0.396. The van der Waals surface area contributed by atoms with Gasteiger partial charge in [0.2, 0.25) is 5.91 Å². The number of carbonyl (C=O) groups is 2. The van der Waals surface area contributed by atoms with Gasteiger partial charge < -0.3 is 10.1 Å². The number of halogens is 1. The Morgan fingerprint density at radius 2 is 1.91 bits per heavy atom. The summed E-state index contributed by atoms with van der Waals surface area (Å²) in [6.45, 7) is 2.07. The number of hydrogen-bond donors (Lipinski definition) is 1. The number of ether oxygens (including phenoxy) is 1. The van der Waals surface area contributed by atoms with E-state index in [1.165, 1.54) is 11.8 Å². The number of benzene rings is 2. The molecular weight excluding hydrogens is 378 g/mol. The van der Waals surface area contributed by atoms with Gasteiger partial charge in [0.1, 0.15) is 0 Å². The smallest absolute Gasteiger partial charge is 0.338 e. The summed E-state index contributed by atoms with van der Waals surface area (Å²) in [7, 11) is 0. The van der Waals surface area contributed by atoms with Crippen LogP contribution in [0.5, 0.6) is 0 Å². The molecule has 120 valence electrons. The SMILES string of the molecule is CCOC(=O)c1cccc(NC(=O)CSc2ccc(Br)cc2)c1. The van der Waals surface area contributed by atoms with Gasteiger partial charge in [-0.2, -0.15) is 0 Å². The molecule has 2 rings (SSSR count). The molecule has 1 amide bonds. The van der Waals surface area contributed by atoms with Crippen molar-refractivity contribution in [1.29, 1.82) is 0 Å². The summed E-state index contributed by atoms with van der Waals surface area (Å²) >= 11 is 4.82. The van der Waals surface area contributed by atoms with E-state index in [9.17, 15) is 9.59 Å². The average Bonchev–Trinajstić information content (AvgIpc) is 2.55. The zero-order chi connectivity index (χ0) is 16.7. The second-order valence-electron chi connectivity index (χ2n) is 4.59. The van der Waals surface area contributed by atoms with Crippen LogP contribution >= 0.6 is 27.7 Å². The Hall–Kier alpha value is -1.79. The molecule has 0 atom stereocenters. The van der Waals surface area contributed by atoms with E-state index in [1.54, 1.807) is 31.2 Å². The van der Waals surface area contributed by atoms with Crippen molar-refractivity contribution in [2.24, 2.45) is 0 Å². The number of nitrogens with one attached hydrogen (secondary N) is 1. The van der Waals surface area contributed by atoms with E-state index >= 15 is 0 Å². The molecule has 0 bridgehead atoms. The molecule has 0 saturated carbocycles. The van der Waals surface area contributed by atoms with Gasteiger partial charge in [-0.05, 0) is 49.4 Å². The first-order valence-corrected chi connectivity index (χ1v) is 8.81. The highest BCUT2D eigenvalue weighted by atomic mass is 79.9. The van der Waals surface area contributed by atoms with E-state index in [-0.39, 0.29) is 5.91 Å². The van der Waals surface area contributed by atoms with Crippen LogP contribution in [0.2, 0.25) is 0 Å². The van der Waals surface area contributed by atoms with Crippen molar-refractivity contribution >= 4 is 45.3 Å². The van der Waals surface area contributed by atoms with Crippen molar-refractivity contribution in [2.75, 3.05) is 17.7 Å². The van der Waals surface area contributed by atoms with Gasteiger partial charge in [-0.25, -0.2) is 4.79 Å². The third kappa shape index (κ3) is 5.73. The number of rotatable bonds is 6. The van der Waals surface area contributed by atoms with Gasteiger partial charge in [-0.15, -0.1) is 11.8 Å². The van der Waals surface area contributed by atoms with Crippen molar-refractivity contribution in [2.45, 2.75) is 11.8 Å². The largest absolute Gasteiger partial charge is 0.462 e. The number of amides is 1.